The summed E-state index contributed by atoms with van der Waals surface area (Å²) in [6.45, 7) is 4.76. The van der Waals surface area contributed by atoms with Crippen molar-refractivity contribution >= 4 is 50.4 Å². The van der Waals surface area contributed by atoms with E-state index >= 15 is 0 Å². The van der Waals surface area contributed by atoms with Crippen molar-refractivity contribution < 1.29 is 0 Å². The first-order valence-corrected chi connectivity index (χ1v) is 21.8. The average molecular weight is 797 g/mol. The van der Waals surface area contributed by atoms with E-state index in [1.54, 1.807) is 0 Å². The van der Waals surface area contributed by atoms with Gasteiger partial charge in [0.25, 0.3) is 0 Å². The van der Waals surface area contributed by atoms with E-state index < -0.39 is 0 Å². The van der Waals surface area contributed by atoms with Gasteiger partial charge in [-0.2, -0.15) is 0 Å². The van der Waals surface area contributed by atoms with Gasteiger partial charge in [0.2, 0.25) is 0 Å². The first-order chi connectivity index (χ1) is 30.1. The minimum absolute atomic E-state index is 0.00635. The minimum atomic E-state index is -0.00635. The number of aryl methyl sites for hydroxylation is 1. The standard InChI is InChI=1S/C41H35N5.C12H11N.C2H6/c1-45-26-34(33-21-31(27-12-4-2-5-13-27)20-32(22-33)28-14-6-3-7-15-28)25-42-40(45)41-44-37-24-30-17-9-8-16-29(30)23-35(37)39-43-36-18-10-11-19-38(36)46(39)41;1-3-7-11-9(5-1)10-6-2-4-8-12(10)13-11;1-2/h2-24,26,39-44H,25H2,1H3;1,3-5,7-8,13H,2,6H2;1-2H3. The van der Waals surface area contributed by atoms with Gasteiger partial charge in [0.05, 0.1) is 11.4 Å². The molecule has 6 nitrogen and oxygen atoms in total. The molecule has 0 spiro atoms. The van der Waals surface area contributed by atoms with Crippen LogP contribution < -0.4 is 20.9 Å². The Kier molecular flexibility index (Phi) is 10.4. The zero-order valence-electron chi connectivity index (χ0n) is 35.1. The van der Waals surface area contributed by atoms with Crippen LogP contribution in [-0.2, 0) is 6.42 Å². The number of nitrogens with zero attached hydrogens (tertiary/aromatic N) is 2. The molecule has 0 fully saturated rings. The van der Waals surface area contributed by atoms with E-state index in [-0.39, 0.29) is 18.5 Å². The number of hydrogen-bond donors (Lipinski definition) is 4. The fraction of sp³-hybridized carbons (Fsp3) is 0.164. The lowest BCUT2D eigenvalue weighted by Gasteiger charge is -2.48. The van der Waals surface area contributed by atoms with E-state index in [0.29, 0.717) is 0 Å². The number of aromatic amines is 1. The van der Waals surface area contributed by atoms with Gasteiger partial charge >= 0.3 is 0 Å². The van der Waals surface area contributed by atoms with E-state index in [9.17, 15) is 0 Å². The summed E-state index contributed by atoms with van der Waals surface area (Å²) in [6, 6.07) is 58.8. The third-order valence-corrected chi connectivity index (χ3v) is 12.4. The molecular formula is C55H52N6. The van der Waals surface area contributed by atoms with Crippen LogP contribution in [0.2, 0.25) is 0 Å². The normalized spacial score (nSPS) is 18.2. The Hall–Kier alpha value is -7.02. The maximum atomic E-state index is 3.97. The molecule has 1 aliphatic carbocycles. The number of aromatic nitrogens is 1. The van der Waals surface area contributed by atoms with Crippen molar-refractivity contribution in [3.05, 3.63) is 198 Å². The quantitative estimate of drug-likeness (QED) is 0.143. The van der Waals surface area contributed by atoms with Crippen LogP contribution in [0.1, 0.15) is 48.8 Å². The molecule has 4 heterocycles. The van der Waals surface area contributed by atoms with Gasteiger partial charge in [-0.25, -0.2) is 0 Å². The fourth-order valence-corrected chi connectivity index (χ4v) is 9.49. The molecule has 0 saturated carbocycles. The molecule has 0 radical (unpaired) electrons. The average Bonchev–Trinajstić information content (AvgIpc) is 3.92. The summed E-state index contributed by atoms with van der Waals surface area (Å²) in [5.41, 5.74) is 16.3. The van der Waals surface area contributed by atoms with Crippen LogP contribution in [0, 0.1) is 0 Å². The minimum Gasteiger partial charge on any atom is -0.362 e. The van der Waals surface area contributed by atoms with E-state index in [4.69, 9.17) is 0 Å². The SMILES string of the molecule is C1=Cc2[nH]c3ccccc3c2CC1.CC.CN1C=C(c2cc(-c3ccccc3)cc(-c3ccccc3)c2)CNC1C1Nc2cc3ccccc3cc2C2Nc3ccccc3N21. The Balaban J connectivity index is 0.000000250. The molecule has 0 saturated heterocycles. The summed E-state index contributed by atoms with van der Waals surface area (Å²) in [5, 5.41) is 15.7. The monoisotopic (exact) mass is 796 g/mol. The van der Waals surface area contributed by atoms with E-state index in [1.807, 2.05) is 13.8 Å². The number of para-hydroxylation sites is 3. The molecule has 6 heteroatoms. The number of likely N-dealkylation sites (N-methyl/N-ethyl adjacent to an activating group) is 1. The van der Waals surface area contributed by atoms with Crippen molar-refractivity contribution in [3.8, 4) is 22.3 Å². The Labute approximate surface area is 359 Å². The van der Waals surface area contributed by atoms with E-state index in [0.717, 1.165) is 6.54 Å². The van der Waals surface area contributed by atoms with Crippen LogP contribution in [-0.4, -0.2) is 35.8 Å². The van der Waals surface area contributed by atoms with Crippen LogP contribution in [0.4, 0.5) is 17.1 Å². The van der Waals surface area contributed by atoms with Gasteiger partial charge < -0.3 is 25.4 Å². The van der Waals surface area contributed by atoms with Crippen LogP contribution in [0.3, 0.4) is 0 Å². The number of nitrogens with one attached hydrogen (secondary N) is 4. The molecule has 1 aromatic heterocycles. The van der Waals surface area contributed by atoms with E-state index in [1.165, 1.54) is 102 Å². The molecule has 3 unspecified atom stereocenters. The molecular weight excluding hydrogens is 745 g/mol. The maximum absolute atomic E-state index is 3.97. The maximum Gasteiger partial charge on any atom is 0.136 e. The summed E-state index contributed by atoms with van der Waals surface area (Å²) in [6.07, 6.45) is 9.18. The summed E-state index contributed by atoms with van der Waals surface area (Å²) in [7, 11) is 2.19. The Bertz CT molecular complexity index is 2830. The second-order valence-electron chi connectivity index (χ2n) is 16.0. The number of hydrogen-bond acceptors (Lipinski definition) is 5. The van der Waals surface area contributed by atoms with Crippen LogP contribution >= 0.6 is 0 Å². The number of anilines is 3. The molecule has 4 N–H and O–H groups in total. The van der Waals surface area contributed by atoms with Crippen LogP contribution in [0.15, 0.2) is 176 Å². The zero-order chi connectivity index (χ0) is 41.3. The highest BCUT2D eigenvalue weighted by Crippen LogP contribution is 2.48. The molecule has 61 heavy (non-hydrogen) atoms. The molecule has 3 aliphatic heterocycles. The smallest absolute Gasteiger partial charge is 0.136 e. The lowest BCUT2D eigenvalue weighted by atomic mass is 9.93. The number of H-pyrrole nitrogens is 1. The van der Waals surface area contributed by atoms with Gasteiger partial charge in [-0.3, -0.25) is 5.32 Å². The highest BCUT2D eigenvalue weighted by molar-refractivity contribution is 5.91. The van der Waals surface area contributed by atoms with Gasteiger partial charge in [0.1, 0.15) is 18.5 Å². The largest absolute Gasteiger partial charge is 0.362 e. The van der Waals surface area contributed by atoms with Crippen molar-refractivity contribution in [2.45, 2.75) is 45.2 Å². The Morgan fingerprint density at radius 1 is 0.574 bits per heavy atom. The first-order valence-electron chi connectivity index (χ1n) is 21.8. The van der Waals surface area contributed by atoms with Crippen molar-refractivity contribution in [2.75, 3.05) is 29.1 Å². The molecule has 8 aromatic rings. The second-order valence-corrected chi connectivity index (χ2v) is 16.0. The second kappa shape index (κ2) is 16.6. The Morgan fingerprint density at radius 3 is 1.95 bits per heavy atom. The summed E-state index contributed by atoms with van der Waals surface area (Å²) < 4.78 is 0. The summed E-state index contributed by atoms with van der Waals surface area (Å²) in [4.78, 5) is 8.29. The van der Waals surface area contributed by atoms with Crippen molar-refractivity contribution in [2.24, 2.45) is 0 Å². The predicted molar refractivity (Wildman–Crippen MR) is 258 cm³/mol. The van der Waals surface area contributed by atoms with Gasteiger partial charge in [-0.15, -0.1) is 0 Å². The number of allylic oxidation sites excluding steroid dienone is 1. The van der Waals surface area contributed by atoms with Crippen molar-refractivity contribution in [3.63, 3.8) is 0 Å². The van der Waals surface area contributed by atoms with Crippen LogP contribution in [0.5, 0.6) is 0 Å². The molecule has 0 bridgehead atoms. The van der Waals surface area contributed by atoms with E-state index in [2.05, 4.69) is 220 Å². The van der Waals surface area contributed by atoms with Crippen molar-refractivity contribution in [1.29, 1.82) is 0 Å². The third-order valence-electron chi connectivity index (χ3n) is 12.4. The lowest BCUT2D eigenvalue weighted by Crippen LogP contribution is -2.63. The van der Waals surface area contributed by atoms with Gasteiger partial charge in [-0.05, 0) is 117 Å². The van der Waals surface area contributed by atoms with Crippen LogP contribution in [0.25, 0.3) is 55.6 Å². The third kappa shape index (κ3) is 7.23. The highest BCUT2D eigenvalue weighted by Gasteiger charge is 2.44. The number of benzene rings is 7. The molecule has 0 amide bonds. The first kappa shape index (κ1) is 38.2. The predicted octanol–water partition coefficient (Wildman–Crippen LogP) is 12.9. The molecule has 302 valence electrons. The Morgan fingerprint density at radius 2 is 1.21 bits per heavy atom. The van der Waals surface area contributed by atoms with Gasteiger partial charge in [0.15, 0.2) is 0 Å². The summed E-state index contributed by atoms with van der Waals surface area (Å²) >= 11 is 0. The lowest BCUT2D eigenvalue weighted by molar-refractivity contribution is 0.231. The molecule has 3 atom stereocenters. The summed E-state index contributed by atoms with van der Waals surface area (Å²) in [5.74, 6) is 0. The fourth-order valence-electron chi connectivity index (χ4n) is 9.49. The zero-order valence-corrected chi connectivity index (χ0v) is 35.1. The van der Waals surface area contributed by atoms with Gasteiger partial charge in [-0.1, -0.05) is 135 Å². The topological polar surface area (TPSA) is 58.4 Å². The molecule has 4 aliphatic rings. The molecule has 12 rings (SSSR count). The number of fused-ring (bicyclic) bond motifs is 9. The highest BCUT2D eigenvalue weighted by atomic mass is 15.5. The number of rotatable bonds is 4. The molecule has 7 aromatic carbocycles. The van der Waals surface area contributed by atoms with Crippen molar-refractivity contribution in [1.82, 2.24) is 15.2 Å². The van der Waals surface area contributed by atoms with Gasteiger partial charge in [0, 0.05) is 47.6 Å².